The van der Waals surface area contributed by atoms with Crippen molar-refractivity contribution in [3.8, 4) is 0 Å². The van der Waals surface area contributed by atoms with E-state index in [9.17, 15) is 22.8 Å². The summed E-state index contributed by atoms with van der Waals surface area (Å²) in [5.74, 6) is -0.847. The third kappa shape index (κ3) is 5.07. The van der Waals surface area contributed by atoms with Crippen molar-refractivity contribution in [3.05, 3.63) is 52.8 Å². The molecule has 0 spiro atoms. The Bertz CT molecular complexity index is 951. The Hall–Kier alpha value is -2.88. The van der Waals surface area contributed by atoms with Crippen LogP contribution in [0.25, 0.3) is 0 Å². The molecule has 1 atom stereocenters. The Balaban J connectivity index is 1.30. The lowest BCUT2D eigenvalue weighted by Gasteiger charge is -2.35. The predicted molar refractivity (Wildman–Crippen MR) is 104 cm³/mol. The Morgan fingerprint density at radius 3 is 2.61 bits per heavy atom. The number of aromatic nitrogens is 2. The van der Waals surface area contributed by atoms with Gasteiger partial charge >= 0.3 is 6.18 Å². The molecule has 0 aliphatic carbocycles. The molecular formula is C21H23F3N4O3. The molecule has 2 aliphatic rings. The van der Waals surface area contributed by atoms with Crippen LogP contribution in [0.4, 0.5) is 13.2 Å². The number of carbonyl (C=O) groups excluding carboxylic acids is 2. The maximum atomic E-state index is 12.9. The van der Waals surface area contributed by atoms with E-state index in [-0.39, 0.29) is 17.5 Å². The Morgan fingerprint density at radius 1 is 1.19 bits per heavy atom. The van der Waals surface area contributed by atoms with E-state index in [0.717, 1.165) is 11.1 Å². The van der Waals surface area contributed by atoms with Gasteiger partial charge in [-0.1, -0.05) is 24.3 Å². The second-order valence-corrected chi connectivity index (χ2v) is 7.88. The van der Waals surface area contributed by atoms with E-state index in [4.69, 9.17) is 4.74 Å². The van der Waals surface area contributed by atoms with Crippen molar-refractivity contribution in [3.63, 3.8) is 0 Å². The molecule has 1 saturated heterocycles. The number of hydrogen-bond donors (Lipinski definition) is 2. The molecule has 31 heavy (non-hydrogen) atoms. The van der Waals surface area contributed by atoms with Crippen molar-refractivity contribution in [2.75, 3.05) is 19.6 Å². The van der Waals surface area contributed by atoms with Crippen molar-refractivity contribution in [2.45, 2.75) is 44.1 Å². The van der Waals surface area contributed by atoms with Crippen LogP contribution in [0.1, 0.15) is 46.1 Å². The fraction of sp³-hybridized carbons (Fsp3) is 0.476. The maximum absolute atomic E-state index is 12.9. The van der Waals surface area contributed by atoms with Crippen LogP contribution in [0.15, 0.2) is 30.3 Å². The van der Waals surface area contributed by atoms with Crippen LogP contribution >= 0.6 is 0 Å². The van der Waals surface area contributed by atoms with Crippen molar-refractivity contribution in [1.82, 2.24) is 20.4 Å². The summed E-state index contributed by atoms with van der Waals surface area (Å²) in [4.78, 5) is 26.5. The van der Waals surface area contributed by atoms with Crippen LogP contribution in [0.2, 0.25) is 0 Å². The van der Waals surface area contributed by atoms with Crippen molar-refractivity contribution < 1.29 is 27.5 Å². The Kier molecular flexibility index (Phi) is 5.99. The number of nitrogens with zero attached hydrogens (tertiary/aromatic N) is 2. The van der Waals surface area contributed by atoms with Gasteiger partial charge in [-0.15, -0.1) is 0 Å². The smallest absolute Gasteiger partial charge is 0.363 e. The molecule has 1 unspecified atom stereocenters. The summed E-state index contributed by atoms with van der Waals surface area (Å²) in [5, 5.41) is 8.40. The zero-order valence-corrected chi connectivity index (χ0v) is 16.7. The van der Waals surface area contributed by atoms with Crippen molar-refractivity contribution in [2.24, 2.45) is 0 Å². The van der Waals surface area contributed by atoms with Crippen molar-refractivity contribution >= 4 is 11.8 Å². The topological polar surface area (TPSA) is 87.3 Å². The maximum Gasteiger partial charge on any atom is 0.405 e. The number of halogens is 3. The molecule has 3 heterocycles. The van der Waals surface area contributed by atoms with Gasteiger partial charge in [-0.05, 0) is 30.0 Å². The lowest BCUT2D eigenvalue weighted by Crippen LogP contribution is -2.46. The lowest BCUT2D eigenvalue weighted by molar-refractivity contribution is -0.146. The molecule has 2 N–H and O–H groups in total. The molecule has 1 aromatic heterocycles. The highest BCUT2D eigenvalue weighted by Gasteiger charge is 2.33. The molecule has 10 heteroatoms. The number of ether oxygens (including phenoxy) is 1. The first-order chi connectivity index (χ1) is 14.8. The quantitative estimate of drug-likeness (QED) is 0.771. The first-order valence-electron chi connectivity index (χ1n) is 10.2. The van der Waals surface area contributed by atoms with Crippen LogP contribution in [-0.4, -0.2) is 58.8 Å². The third-order valence-electron chi connectivity index (χ3n) is 5.77. The van der Waals surface area contributed by atoms with Crippen LogP contribution < -0.4 is 5.32 Å². The summed E-state index contributed by atoms with van der Waals surface area (Å²) in [6.07, 6.45) is -3.06. The van der Waals surface area contributed by atoms with Crippen molar-refractivity contribution in [1.29, 1.82) is 0 Å². The summed E-state index contributed by atoms with van der Waals surface area (Å²) in [7, 11) is 0. The van der Waals surface area contributed by atoms with Crippen LogP contribution in [0, 0.1) is 0 Å². The number of hydrogen-bond acceptors (Lipinski definition) is 4. The number of piperidine rings is 1. The first kappa shape index (κ1) is 21.4. The highest BCUT2D eigenvalue weighted by molar-refractivity contribution is 5.92. The van der Waals surface area contributed by atoms with Gasteiger partial charge in [0, 0.05) is 31.1 Å². The molecule has 7 nitrogen and oxygen atoms in total. The van der Waals surface area contributed by atoms with E-state index in [1.54, 1.807) is 4.90 Å². The van der Waals surface area contributed by atoms with Gasteiger partial charge < -0.3 is 15.0 Å². The number of carbonyl (C=O) groups is 2. The molecule has 1 aromatic carbocycles. The average molecular weight is 436 g/mol. The number of likely N-dealkylation sites (tertiary alicyclic amines) is 1. The van der Waals surface area contributed by atoms with E-state index in [1.165, 1.54) is 6.07 Å². The summed E-state index contributed by atoms with van der Waals surface area (Å²) >= 11 is 0. The number of fused-ring (bicyclic) bond motifs is 1. The van der Waals surface area contributed by atoms with Gasteiger partial charge in [0.2, 0.25) is 0 Å². The highest BCUT2D eigenvalue weighted by atomic mass is 19.4. The molecule has 4 rings (SSSR count). The standard InChI is InChI=1S/C21H23F3N4O3/c22-21(23,24)12-25-19(29)17-10-16(26-27-17)13-5-7-28(8-6-13)20(30)18-9-14-3-1-2-4-15(14)11-31-18/h1-4,10,13,18H,5-9,11-12H2,(H,25,29)(H,26,27). The molecule has 166 valence electrons. The minimum absolute atomic E-state index is 0.0234. The Morgan fingerprint density at radius 2 is 1.90 bits per heavy atom. The number of alkyl halides is 3. The van der Waals surface area contributed by atoms with Crippen LogP contribution in [-0.2, 0) is 22.6 Å². The predicted octanol–water partition coefficient (Wildman–Crippen LogP) is 2.55. The van der Waals surface area contributed by atoms with Crippen LogP contribution in [0.5, 0.6) is 0 Å². The molecule has 2 amide bonds. The molecule has 2 aromatic rings. The Labute approximate surface area is 176 Å². The molecule has 1 fully saturated rings. The van der Waals surface area contributed by atoms with E-state index < -0.39 is 24.7 Å². The molecule has 2 aliphatic heterocycles. The number of amides is 2. The fourth-order valence-corrected chi connectivity index (χ4v) is 4.05. The van der Waals surface area contributed by atoms with Crippen LogP contribution in [0.3, 0.4) is 0 Å². The molecule has 0 saturated carbocycles. The average Bonchev–Trinajstić information content (AvgIpc) is 3.27. The zero-order valence-electron chi connectivity index (χ0n) is 16.7. The lowest BCUT2D eigenvalue weighted by atomic mass is 9.92. The fourth-order valence-electron chi connectivity index (χ4n) is 4.05. The van der Waals surface area contributed by atoms with E-state index in [0.29, 0.717) is 44.7 Å². The first-order valence-corrected chi connectivity index (χ1v) is 10.2. The van der Waals surface area contributed by atoms with E-state index in [1.807, 2.05) is 29.6 Å². The van der Waals surface area contributed by atoms with Gasteiger partial charge in [0.25, 0.3) is 11.8 Å². The minimum Gasteiger partial charge on any atom is -0.363 e. The number of rotatable bonds is 4. The summed E-state index contributed by atoms with van der Waals surface area (Å²) in [6, 6.07) is 9.42. The SMILES string of the molecule is O=C(NCC(F)(F)F)c1cc(C2CCN(C(=O)C3Cc4ccccc4CO3)CC2)[nH]n1. The second-order valence-electron chi connectivity index (χ2n) is 7.88. The van der Waals surface area contributed by atoms with E-state index >= 15 is 0 Å². The molecule has 0 radical (unpaired) electrons. The van der Waals surface area contributed by atoms with Gasteiger partial charge in [-0.25, -0.2) is 0 Å². The van der Waals surface area contributed by atoms with Gasteiger partial charge in [0.05, 0.1) is 6.61 Å². The number of aromatic amines is 1. The van der Waals surface area contributed by atoms with Gasteiger partial charge in [-0.3, -0.25) is 14.7 Å². The largest absolute Gasteiger partial charge is 0.405 e. The second kappa shape index (κ2) is 8.70. The van der Waals surface area contributed by atoms with Gasteiger partial charge in [0.1, 0.15) is 18.3 Å². The number of benzene rings is 1. The minimum atomic E-state index is -4.47. The van der Waals surface area contributed by atoms with Gasteiger partial charge in [-0.2, -0.15) is 18.3 Å². The summed E-state index contributed by atoms with van der Waals surface area (Å²) in [5.41, 5.74) is 2.86. The zero-order chi connectivity index (χ0) is 22.0. The highest BCUT2D eigenvalue weighted by Crippen LogP contribution is 2.29. The molecular weight excluding hydrogens is 413 g/mol. The summed E-state index contributed by atoms with van der Waals surface area (Å²) in [6.45, 7) is 0.109. The number of H-pyrrole nitrogens is 1. The molecule has 0 bridgehead atoms. The summed E-state index contributed by atoms with van der Waals surface area (Å²) < 4.78 is 42.5. The third-order valence-corrected chi connectivity index (χ3v) is 5.77. The van der Waals surface area contributed by atoms with Gasteiger partial charge in [0.15, 0.2) is 0 Å². The van der Waals surface area contributed by atoms with E-state index in [2.05, 4.69) is 10.2 Å². The normalized spacial score (nSPS) is 19.7. The number of nitrogens with one attached hydrogen (secondary N) is 2. The monoisotopic (exact) mass is 436 g/mol.